The van der Waals surface area contributed by atoms with Gasteiger partial charge in [-0.3, -0.25) is 9.69 Å². The Morgan fingerprint density at radius 1 is 0.938 bits per heavy atom. The molecule has 1 fully saturated rings. The van der Waals surface area contributed by atoms with E-state index < -0.39 is 0 Å². The molecule has 162 valence electrons. The normalized spacial score (nSPS) is 16.8. The first kappa shape index (κ1) is 23.0. The molecule has 1 aromatic heterocycles. The van der Waals surface area contributed by atoms with Crippen molar-refractivity contribution in [2.24, 2.45) is 10.2 Å². The summed E-state index contributed by atoms with van der Waals surface area (Å²) in [5.74, 6) is 0.354. The van der Waals surface area contributed by atoms with E-state index in [1.165, 1.54) is 22.9 Å². The van der Waals surface area contributed by atoms with E-state index in [4.69, 9.17) is 50.8 Å². The smallest absolute Gasteiger partial charge is 0.267 e. The lowest BCUT2D eigenvalue weighted by Crippen LogP contribution is -2.28. The summed E-state index contributed by atoms with van der Waals surface area (Å²) in [6.07, 6.45) is 4.70. The number of hydrogen-bond acceptors (Lipinski definition) is 5. The van der Waals surface area contributed by atoms with E-state index in [0.29, 0.717) is 47.1 Å². The fourth-order valence-corrected chi connectivity index (χ4v) is 4.46. The van der Waals surface area contributed by atoms with Gasteiger partial charge in [-0.1, -0.05) is 70.7 Å². The van der Waals surface area contributed by atoms with E-state index in [1.807, 2.05) is 0 Å². The Morgan fingerprint density at radius 3 is 2.31 bits per heavy atom. The minimum absolute atomic E-state index is 0.200. The van der Waals surface area contributed by atoms with Crippen LogP contribution in [-0.4, -0.2) is 22.2 Å². The molecule has 0 radical (unpaired) electrons. The molecule has 4 rings (SSSR count). The Morgan fingerprint density at radius 2 is 1.62 bits per heavy atom. The lowest BCUT2D eigenvalue weighted by Gasteiger charge is -2.12. The van der Waals surface area contributed by atoms with Crippen LogP contribution < -0.4 is 0 Å². The third-order valence-corrected chi connectivity index (χ3v) is 7.04. The predicted octanol–water partition coefficient (Wildman–Crippen LogP) is 7.40. The van der Waals surface area contributed by atoms with Crippen molar-refractivity contribution >= 4 is 81.5 Å². The Balaban J connectivity index is 1.67. The van der Waals surface area contributed by atoms with Crippen LogP contribution >= 0.6 is 58.2 Å². The Hall–Kier alpha value is -2.22. The van der Waals surface area contributed by atoms with E-state index in [1.54, 1.807) is 60.9 Å². The molecule has 1 aliphatic rings. The van der Waals surface area contributed by atoms with Gasteiger partial charge >= 0.3 is 0 Å². The standard InChI is InChI=1S/C22H13Cl4N3O2S/c23-16-7-1-4-13(19(16)25)10-18-21(30)29(12-15-6-3-9-31-15)22(32-18)28-27-11-14-5-2-8-17(24)20(14)26/h1-11H,12H2/b18-10-,27-11-,28-22+. The minimum Gasteiger partial charge on any atom is -0.467 e. The summed E-state index contributed by atoms with van der Waals surface area (Å²) >= 11 is 25.8. The zero-order chi connectivity index (χ0) is 22.7. The number of amides is 1. The summed E-state index contributed by atoms with van der Waals surface area (Å²) < 4.78 is 5.40. The first-order valence-electron chi connectivity index (χ1n) is 9.17. The molecule has 0 bridgehead atoms. The number of hydrogen-bond donors (Lipinski definition) is 0. The van der Waals surface area contributed by atoms with Crippen LogP contribution in [0, 0.1) is 0 Å². The van der Waals surface area contributed by atoms with E-state index in [-0.39, 0.29) is 12.5 Å². The van der Waals surface area contributed by atoms with Crippen LogP contribution in [0.1, 0.15) is 16.9 Å². The first-order chi connectivity index (χ1) is 15.4. The molecule has 5 nitrogen and oxygen atoms in total. The van der Waals surface area contributed by atoms with Gasteiger partial charge in [0.15, 0.2) is 5.17 Å². The monoisotopic (exact) mass is 523 g/mol. The van der Waals surface area contributed by atoms with Crippen molar-refractivity contribution in [3.05, 3.63) is 96.7 Å². The summed E-state index contributed by atoms with van der Waals surface area (Å²) in [5.41, 5.74) is 1.24. The number of halogens is 4. The van der Waals surface area contributed by atoms with Gasteiger partial charge in [-0.05, 0) is 47.7 Å². The van der Waals surface area contributed by atoms with Gasteiger partial charge in [0.05, 0.1) is 44.0 Å². The van der Waals surface area contributed by atoms with Crippen molar-refractivity contribution in [1.29, 1.82) is 0 Å². The van der Waals surface area contributed by atoms with Gasteiger partial charge in [0.1, 0.15) is 5.76 Å². The number of carbonyl (C=O) groups excluding carboxylic acids is 1. The largest absolute Gasteiger partial charge is 0.467 e. The second kappa shape index (κ2) is 10.1. The lowest BCUT2D eigenvalue weighted by molar-refractivity contribution is -0.122. The zero-order valence-electron chi connectivity index (χ0n) is 16.1. The maximum atomic E-state index is 13.1. The van der Waals surface area contributed by atoms with E-state index >= 15 is 0 Å². The number of benzene rings is 2. The third kappa shape index (κ3) is 5.05. The summed E-state index contributed by atoms with van der Waals surface area (Å²) in [5, 5.41) is 10.3. The van der Waals surface area contributed by atoms with Gasteiger partial charge in [0.2, 0.25) is 0 Å². The summed E-state index contributed by atoms with van der Waals surface area (Å²) in [7, 11) is 0. The molecular formula is C22H13Cl4N3O2S. The molecule has 10 heteroatoms. The second-order valence-corrected chi connectivity index (χ2v) is 9.07. The van der Waals surface area contributed by atoms with Gasteiger partial charge in [-0.2, -0.15) is 5.10 Å². The molecule has 0 saturated carbocycles. The van der Waals surface area contributed by atoms with E-state index in [2.05, 4.69) is 10.2 Å². The van der Waals surface area contributed by atoms with Gasteiger partial charge in [-0.25, -0.2) is 0 Å². The molecule has 32 heavy (non-hydrogen) atoms. The van der Waals surface area contributed by atoms with E-state index in [0.717, 1.165) is 0 Å². The SMILES string of the molecule is O=C1/C(=C/c2cccc(Cl)c2Cl)S/C(=N/N=C\c2cccc(Cl)c2Cl)N1Cc1ccco1. The molecule has 1 amide bonds. The number of nitrogens with zero attached hydrogens (tertiary/aromatic N) is 3. The highest BCUT2D eigenvalue weighted by Gasteiger charge is 2.34. The Labute approximate surface area is 208 Å². The van der Waals surface area contributed by atoms with Crippen molar-refractivity contribution in [3.8, 4) is 0 Å². The summed E-state index contributed by atoms with van der Waals surface area (Å²) in [6, 6.07) is 14.0. The second-order valence-electron chi connectivity index (χ2n) is 6.49. The third-order valence-electron chi connectivity index (χ3n) is 4.37. The maximum absolute atomic E-state index is 13.1. The van der Waals surface area contributed by atoms with Gasteiger partial charge in [-0.15, -0.1) is 5.10 Å². The first-order valence-corrected chi connectivity index (χ1v) is 11.5. The van der Waals surface area contributed by atoms with Crippen LogP contribution in [0.5, 0.6) is 0 Å². The molecule has 0 unspecified atom stereocenters. The van der Waals surface area contributed by atoms with Gasteiger partial charge in [0.25, 0.3) is 5.91 Å². The topological polar surface area (TPSA) is 58.2 Å². The highest BCUT2D eigenvalue weighted by molar-refractivity contribution is 8.18. The average molecular weight is 525 g/mol. The van der Waals surface area contributed by atoms with Crippen LogP contribution in [0.3, 0.4) is 0 Å². The summed E-state index contributed by atoms with van der Waals surface area (Å²) in [4.78, 5) is 15.0. The zero-order valence-corrected chi connectivity index (χ0v) is 20.0. The maximum Gasteiger partial charge on any atom is 0.267 e. The van der Waals surface area contributed by atoms with Gasteiger partial charge in [0, 0.05) is 5.56 Å². The molecular weight excluding hydrogens is 512 g/mol. The fraction of sp³-hybridized carbons (Fsp3) is 0.0455. The molecule has 1 aliphatic heterocycles. The number of rotatable bonds is 5. The molecule has 2 aromatic carbocycles. The van der Waals surface area contributed by atoms with Crippen LogP contribution in [-0.2, 0) is 11.3 Å². The molecule has 0 spiro atoms. The van der Waals surface area contributed by atoms with Crippen LogP contribution in [0.4, 0.5) is 0 Å². The highest BCUT2D eigenvalue weighted by Crippen LogP contribution is 2.36. The lowest BCUT2D eigenvalue weighted by atomic mass is 10.2. The molecule has 0 atom stereocenters. The average Bonchev–Trinajstić information content (AvgIpc) is 3.39. The Kier molecular flexibility index (Phi) is 7.28. The molecule has 2 heterocycles. The quantitative estimate of drug-likeness (QED) is 0.198. The fourth-order valence-electron chi connectivity index (χ4n) is 2.81. The number of carbonyl (C=O) groups is 1. The van der Waals surface area contributed by atoms with Gasteiger partial charge < -0.3 is 4.42 Å². The number of furan rings is 1. The Bertz CT molecular complexity index is 1260. The molecule has 0 aliphatic carbocycles. The van der Waals surface area contributed by atoms with E-state index in [9.17, 15) is 4.79 Å². The van der Waals surface area contributed by atoms with Crippen LogP contribution in [0.25, 0.3) is 6.08 Å². The summed E-state index contributed by atoms with van der Waals surface area (Å²) in [6.45, 7) is 0.200. The van der Waals surface area contributed by atoms with Crippen molar-refractivity contribution in [1.82, 2.24) is 4.90 Å². The number of thioether (sulfide) groups is 1. The molecule has 0 N–H and O–H groups in total. The molecule has 1 saturated heterocycles. The van der Waals surface area contributed by atoms with Crippen LogP contribution in [0.15, 0.2) is 74.3 Å². The van der Waals surface area contributed by atoms with Crippen LogP contribution in [0.2, 0.25) is 20.1 Å². The number of amidine groups is 1. The minimum atomic E-state index is -0.253. The van der Waals surface area contributed by atoms with Crippen molar-refractivity contribution in [3.63, 3.8) is 0 Å². The van der Waals surface area contributed by atoms with Crippen molar-refractivity contribution in [2.75, 3.05) is 0 Å². The highest BCUT2D eigenvalue weighted by atomic mass is 35.5. The van der Waals surface area contributed by atoms with Crippen molar-refractivity contribution in [2.45, 2.75) is 6.54 Å². The molecule has 3 aromatic rings. The predicted molar refractivity (Wildman–Crippen MR) is 133 cm³/mol. The van der Waals surface area contributed by atoms with Crippen molar-refractivity contribution < 1.29 is 9.21 Å².